The minimum atomic E-state index is -0.547. The summed E-state index contributed by atoms with van der Waals surface area (Å²) in [6, 6.07) is 8.23. The molecule has 4 aromatic rings. The van der Waals surface area contributed by atoms with Crippen LogP contribution in [-0.4, -0.2) is 55.8 Å². The van der Waals surface area contributed by atoms with Crippen LogP contribution in [0.25, 0.3) is 11.1 Å². The number of esters is 1. The molecule has 1 aromatic carbocycles. The maximum atomic E-state index is 15.5. The SMILES string of the molecule is CC(=O)OCc1c(-c2cc(Nc3cc4n(n3)CCN(C)C4)c(=O)n(C)c2)cc(F)cc1N1CCn2c(cc3c2CCCC3)C1=O. The summed E-state index contributed by atoms with van der Waals surface area (Å²) in [7, 11) is 3.67. The zero-order chi connectivity index (χ0) is 31.4. The molecular formula is C33H36FN7O4. The topological polar surface area (TPSA) is 107 Å². The number of nitrogens with one attached hydrogen (secondary N) is 1. The molecule has 0 radical (unpaired) electrons. The number of hydrogen-bond donors (Lipinski definition) is 1. The smallest absolute Gasteiger partial charge is 0.302 e. The largest absolute Gasteiger partial charge is 0.461 e. The zero-order valence-corrected chi connectivity index (χ0v) is 25.7. The number of fused-ring (bicyclic) bond motifs is 4. The molecule has 11 nitrogen and oxygen atoms in total. The van der Waals surface area contributed by atoms with Crippen LogP contribution in [0, 0.1) is 5.82 Å². The zero-order valence-electron chi connectivity index (χ0n) is 25.7. The van der Waals surface area contributed by atoms with Crippen molar-refractivity contribution in [3.63, 3.8) is 0 Å². The van der Waals surface area contributed by atoms with Gasteiger partial charge in [-0.25, -0.2) is 4.39 Å². The number of likely N-dealkylation sites (N-methyl/N-ethyl adjacent to an activating group) is 1. The average Bonchev–Trinajstić information content (AvgIpc) is 3.59. The van der Waals surface area contributed by atoms with E-state index < -0.39 is 11.8 Å². The van der Waals surface area contributed by atoms with Gasteiger partial charge >= 0.3 is 5.97 Å². The standard InChI is InChI=1S/C33H36FN7O4/c1-20(42)45-19-26-25(22-12-27(32(43)38(3)17-22)35-31-16-24-18-37(2)8-11-41(24)36-31)14-23(34)15-29(26)40-10-9-39-28-7-5-4-6-21(28)13-30(39)33(40)44/h12-17H,4-11,18-19H2,1-3H3,(H,35,36). The van der Waals surface area contributed by atoms with Crippen molar-refractivity contribution < 1.29 is 18.7 Å². The van der Waals surface area contributed by atoms with Gasteiger partial charge in [0.15, 0.2) is 5.82 Å². The maximum Gasteiger partial charge on any atom is 0.302 e. The number of halogens is 1. The fourth-order valence-electron chi connectivity index (χ4n) is 6.86. The van der Waals surface area contributed by atoms with Crippen LogP contribution in [0.5, 0.6) is 0 Å². The molecule has 0 fully saturated rings. The van der Waals surface area contributed by atoms with Gasteiger partial charge in [0.25, 0.3) is 11.5 Å². The fraction of sp³-hybridized carbons (Fsp3) is 0.394. The third-order valence-electron chi connectivity index (χ3n) is 9.07. The normalized spacial score (nSPS) is 16.3. The lowest BCUT2D eigenvalue weighted by Gasteiger charge is -2.32. The van der Waals surface area contributed by atoms with Crippen molar-refractivity contribution in [1.82, 2.24) is 23.8 Å². The molecule has 5 heterocycles. The van der Waals surface area contributed by atoms with E-state index in [0.29, 0.717) is 47.0 Å². The van der Waals surface area contributed by atoms with Gasteiger partial charge in [0.1, 0.15) is 23.8 Å². The number of carbonyl (C=O) groups excluding carboxylic acids is 2. The Morgan fingerprint density at radius 1 is 1.02 bits per heavy atom. The molecule has 0 unspecified atom stereocenters. The molecule has 1 amide bonds. The molecule has 0 saturated heterocycles. The minimum absolute atomic E-state index is 0.172. The van der Waals surface area contributed by atoms with Crippen LogP contribution in [0.3, 0.4) is 0 Å². The Bertz CT molecular complexity index is 1910. The highest BCUT2D eigenvalue weighted by Crippen LogP contribution is 2.37. The molecule has 0 saturated carbocycles. The van der Waals surface area contributed by atoms with Gasteiger partial charge in [-0.2, -0.15) is 5.10 Å². The number of nitrogens with zero attached hydrogens (tertiary/aromatic N) is 6. The van der Waals surface area contributed by atoms with Gasteiger partial charge < -0.3 is 24.1 Å². The number of ether oxygens (including phenoxy) is 1. The number of rotatable bonds is 6. The number of benzene rings is 1. The summed E-state index contributed by atoms with van der Waals surface area (Å²) in [6.07, 6.45) is 5.72. The molecule has 3 aliphatic rings. The van der Waals surface area contributed by atoms with Gasteiger partial charge in [0.2, 0.25) is 0 Å². The summed E-state index contributed by atoms with van der Waals surface area (Å²) in [5.74, 6) is -0.721. The van der Waals surface area contributed by atoms with Crippen LogP contribution < -0.4 is 15.8 Å². The molecule has 0 spiro atoms. The second-order valence-electron chi connectivity index (χ2n) is 12.2. The van der Waals surface area contributed by atoms with Crippen LogP contribution in [0.1, 0.15) is 52.8 Å². The van der Waals surface area contributed by atoms with Crippen molar-refractivity contribution in [1.29, 1.82) is 0 Å². The maximum absolute atomic E-state index is 15.5. The molecule has 45 heavy (non-hydrogen) atoms. The Balaban J connectivity index is 1.30. The highest BCUT2D eigenvalue weighted by Gasteiger charge is 2.32. The lowest BCUT2D eigenvalue weighted by atomic mass is 9.97. The van der Waals surface area contributed by atoms with Crippen LogP contribution in [0.4, 0.5) is 21.6 Å². The number of aromatic nitrogens is 4. The molecule has 12 heteroatoms. The predicted octanol–water partition coefficient (Wildman–Crippen LogP) is 3.98. The molecule has 1 N–H and O–H groups in total. The lowest BCUT2D eigenvalue weighted by molar-refractivity contribution is -0.142. The summed E-state index contributed by atoms with van der Waals surface area (Å²) in [4.78, 5) is 42.9. The van der Waals surface area contributed by atoms with Gasteiger partial charge in [-0.3, -0.25) is 24.0 Å². The Morgan fingerprint density at radius 3 is 2.67 bits per heavy atom. The molecule has 7 rings (SSSR count). The van der Waals surface area contributed by atoms with E-state index in [1.807, 2.05) is 23.9 Å². The number of anilines is 3. The van der Waals surface area contributed by atoms with E-state index in [1.54, 1.807) is 24.2 Å². The van der Waals surface area contributed by atoms with Crippen LogP contribution >= 0.6 is 0 Å². The molecule has 1 aliphatic carbocycles. The molecule has 0 bridgehead atoms. The molecule has 0 atom stereocenters. The van der Waals surface area contributed by atoms with Crippen LogP contribution in [0.15, 0.2) is 41.3 Å². The molecule has 234 valence electrons. The van der Waals surface area contributed by atoms with E-state index in [-0.39, 0.29) is 23.8 Å². The fourth-order valence-corrected chi connectivity index (χ4v) is 6.86. The Hall–Kier alpha value is -4.71. The van der Waals surface area contributed by atoms with E-state index in [2.05, 4.69) is 19.9 Å². The Kier molecular flexibility index (Phi) is 7.31. The van der Waals surface area contributed by atoms with E-state index in [1.165, 1.54) is 34.9 Å². The van der Waals surface area contributed by atoms with Crippen molar-refractivity contribution >= 4 is 29.1 Å². The first-order chi connectivity index (χ1) is 21.7. The molecule has 3 aromatic heterocycles. The van der Waals surface area contributed by atoms with Gasteiger partial charge in [-0.15, -0.1) is 0 Å². The van der Waals surface area contributed by atoms with E-state index >= 15 is 4.39 Å². The summed E-state index contributed by atoms with van der Waals surface area (Å²) >= 11 is 0. The number of amides is 1. The van der Waals surface area contributed by atoms with E-state index in [9.17, 15) is 14.4 Å². The third-order valence-corrected chi connectivity index (χ3v) is 9.07. The predicted molar refractivity (Wildman–Crippen MR) is 167 cm³/mol. The lowest BCUT2D eigenvalue weighted by Crippen LogP contribution is -2.41. The van der Waals surface area contributed by atoms with Crippen LogP contribution in [0.2, 0.25) is 0 Å². The average molecular weight is 614 g/mol. The van der Waals surface area contributed by atoms with Gasteiger partial charge in [0.05, 0.1) is 17.9 Å². The number of carbonyl (C=O) groups is 2. The number of hydrogen-bond acceptors (Lipinski definition) is 7. The summed E-state index contributed by atoms with van der Waals surface area (Å²) in [6.45, 7) is 4.46. The van der Waals surface area contributed by atoms with E-state index in [0.717, 1.165) is 51.0 Å². The second-order valence-corrected chi connectivity index (χ2v) is 12.2. The van der Waals surface area contributed by atoms with Crippen molar-refractivity contribution in [2.24, 2.45) is 7.05 Å². The van der Waals surface area contributed by atoms with Gasteiger partial charge in [0, 0.05) is 69.2 Å². The van der Waals surface area contributed by atoms with Crippen molar-refractivity contribution in [2.45, 2.75) is 58.8 Å². The second kappa shape index (κ2) is 11.3. The first-order valence-electron chi connectivity index (χ1n) is 15.4. The number of pyridine rings is 1. The summed E-state index contributed by atoms with van der Waals surface area (Å²) in [5, 5.41) is 7.80. The third kappa shape index (κ3) is 5.33. The molecule has 2 aliphatic heterocycles. The quantitative estimate of drug-likeness (QED) is 0.328. The Labute approximate surface area is 259 Å². The van der Waals surface area contributed by atoms with Gasteiger partial charge in [-0.1, -0.05) is 0 Å². The highest BCUT2D eigenvalue weighted by molar-refractivity contribution is 6.07. The van der Waals surface area contributed by atoms with Crippen molar-refractivity contribution in [3.8, 4) is 11.1 Å². The highest BCUT2D eigenvalue weighted by atomic mass is 19.1. The first-order valence-corrected chi connectivity index (χ1v) is 15.4. The summed E-state index contributed by atoms with van der Waals surface area (Å²) < 4.78 is 26.4. The van der Waals surface area contributed by atoms with Crippen LogP contribution in [-0.2, 0) is 55.7 Å². The summed E-state index contributed by atoms with van der Waals surface area (Å²) in [5.41, 5.74) is 5.82. The minimum Gasteiger partial charge on any atom is -0.461 e. The van der Waals surface area contributed by atoms with E-state index in [4.69, 9.17) is 4.74 Å². The first kappa shape index (κ1) is 29.0. The van der Waals surface area contributed by atoms with Gasteiger partial charge in [-0.05, 0) is 68.1 Å². The Morgan fingerprint density at radius 2 is 1.84 bits per heavy atom. The molecular weight excluding hydrogens is 577 g/mol. The van der Waals surface area contributed by atoms with Crippen molar-refractivity contribution in [2.75, 3.05) is 30.4 Å². The number of aryl methyl sites for hydroxylation is 2. The monoisotopic (exact) mass is 613 g/mol. The van der Waals surface area contributed by atoms with Crippen molar-refractivity contribution in [3.05, 3.63) is 80.9 Å².